The SMILES string of the molecule is NCC1CCN(C(CO)C2COc3ccccc3O2)CC1. The van der Waals surface area contributed by atoms with Crippen molar-refractivity contribution in [2.45, 2.75) is 25.0 Å². The van der Waals surface area contributed by atoms with Gasteiger partial charge in [-0.15, -0.1) is 0 Å². The molecule has 0 aromatic heterocycles. The fraction of sp³-hybridized carbons (Fsp3) is 0.625. The fourth-order valence-corrected chi connectivity index (χ4v) is 3.21. The van der Waals surface area contributed by atoms with Crippen LogP contribution in [0.1, 0.15) is 12.8 Å². The van der Waals surface area contributed by atoms with E-state index in [1.54, 1.807) is 0 Å². The van der Waals surface area contributed by atoms with E-state index in [0.29, 0.717) is 12.5 Å². The Hall–Kier alpha value is -1.30. The van der Waals surface area contributed by atoms with Crippen molar-refractivity contribution in [3.63, 3.8) is 0 Å². The molecular formula is C16H24N2O3. The molecule has 5 heteroatoms. The molecule has 2 heterocycles. The molecule has 3 rings (SSSR count). The lowest BCUT2D eigenvalue weighted by molar-refractivity contribution is -0.0205. The Morgan fingerprint density at radius 1 is 1.24 bits per heavy atom. The van der Waals surface area contributed by atoms with E-state index < -0.39 is 0 Å². The Morgan fingerprint density at radius 3 is 2.62 bits per heavy atom. The standard InChI is InChI=1S/C16H24N2O3/c17-9-12-5-7-18(8-6-12)13(10-19)16-11-20-14-3-1-2-4-15(14)21-16/h1-4,12-13,16,19H,5-11,17H2. The molecule has 0 bridgehead atoms. The minimum absolute atomic E-state index is 0.0166. The van der Waals surface area contributed by atoms with Gasteiger partial charge in [0.05, 0.1) is 12.6 Å². The predicted octanol–water partition coefficient (Wildman–Crippen LogP) is 0.858. The lowest BCUT2D eigenvalue weighted by Gasteiger charge is -2.41. The van der Waals surface area contributed by atoms with E-state index in [1.165, 1.54) is 0 Å². The Balaban J connectivity index is 1.65. The second-order valence-corrected chi connectivity index (χ2v) is 5.88. The minimum Gasteiger partial charge on any atom is -0.486 e. The zero-order chi connectivity index (χ0) is 14.7. The Labute approximate surface area is 125 Å². The van der Waals surface area contributed by atoms with Crippen LogP contribution in [0.25, 0.3) is 0 Å². The summed E-state index contributed by atoms with van der Waals surface area (Å²) in [6.07, 6.45) is 2.06. The number of aliphatic hydroxyl groups is 1. The maximum Gasteiger partial charge on any atom is 0.161 e. The molecule has 2 aliphatic rings. The number of nitrogens with two attached hydrogens (primary N) is 1. The van der Waals surface area contributed by atoms with Crippen LogP contribution in [0, 0.1) is 5.92 Å². The molecule has 1 aromatic rings. The maximum atomic E-state index is 9.80. The molecule has 2 aliphatic heterocycles. The summed E-state index contributed by atoms with van der Waals surface area (Å²) in [5.74, 6) is 2.17. The lowest BCUT2D eigenvalue weighted by atomic mass is 9.95. The average Bonchev–Trinajstić information content (AvgIpc) is 2.56. The van der Waals surface area contributed by atoms with E-state index in [1.807, 2.05) is 24.3 Å². The number of rotatable bonds is 4. The number of hydrogen-bond acceptors (Lipinski definition) is 5. The van der Waals surface area contributed by atoms with Crippen molar-refractivity contribution < 1.29 is 14.6 Å². The number of ether oxygens (including phenoxy) is 2. The Morgan fingerprint density at radius 2 is 1.95 bits per heavy atom. The normalized spacial score (nSPS) is 24.8. The number of para-hydroxylation sites is 2. The van der Waals surface area contributed by atoms with Crippen molar-refractivity contribution in [2.75, 3.05) is 32.8 Å². The summed E-state index contributed by atoms with van der Waals surface area (Å²) < 4.78 is 11.8. The summed E-state index contributed by atoms with van der Waals surface area (Å²) in [7, 11) is 0. The topological polar surface area (TPSA) is 68.0 Å². The molecular weight excluding hydrogens is 268 g/mol. The Bertz CT molecular complexity index is 461. The quantitative estimate of drug-likeness (QED) is 0.861. The molecule has 2 unspecified atom stereocenters. The van der Waals surface area contributed by atoms with E-state index in [2.05, 4.69) is 4.90 Å². The van der Waals surface area contributed by atoms with Crippen LogP contribution >= 0.6 is 0 Å². The van der Waals surface area contributed by atoms with Gasteiger partial charge in [0.1, 0.15) is 6.61 Å². The van der Waals surface area contributed by atoms with Crippen LogP contribution in [0.3, 0.4) is 0 Å². The van der Waals surface area contributed by atoms with Crippen molar-refractivity contribution in [3.8, 4) is 11.5 Å². The van der Waals surface area contributed by atoms with Crippen molar-refractivity contribution >= 4 is 0 Å². The van der Waals surface area contributed by atoms with E-state index in [9.17, 15) is 5.11 Å². The van der Waals surface area contributed by atoms with Crippen LogP contribution < -0.4 is 15.2 Å². The van der Waals surface area contributed by atoms with Crippen molar-refractivity contribution in [3.05, 3.63) is 24.3 Å². The van der Waals surface area contributed by atoms with E-state index in [0.717, 1.165) is 44.0 Å². The second kappa shape index (κ2) is 6.64. The zero-order valence-corrected chi connectivity index (χ0v) is 12.3. The molecule has 2 atom stereocenters. The number of aliphatic hydroxyl groups excluding tert-OH is 1. The molecule has 0 amide bonds. The van der Waals surface area contributed by atoms with Crippen LogP contribution in [-0.4, -0.2) is 55.0 Å². The van der Waals surface area contributed by atoms with Crippen molar-refractivity contribution in [2.24, 2.45) is 11.7 Å². The highest BCUT2D eigenvalue weighted by Gasteiger charge is 2.34. The van der Waals surface area contributed by atoms with E-state index in [-0.39, 0.29) is 18.8 Å². The van der Waals surface area contributed by atoms with Gasteiger partial charge in [-0.25, -0.2) is 0 Å². The molecule has 0 spiro atoms. The van der Waals surface area contributed by atoms with Crippen LogP contribution in [0.5, 0.6) is 11.5 Å². The van der Waals surface area contributed by atoms with Gasteiger partial charge < -0.3 is 20.3 Å². The summed E-state index contributed by atoms with van der Waals surface area (Å²) >= 11 is 0. The van der Waals surface area contributed by atoms with Crippen LogP contribution in [0.15, 0.2) is 24.3 Å². The first-order chi connectivity index (χ1) is 10.3. The van der Waals surface area contributed by atoms with Crippen molar-refractivity contribution in [1.29, 1.82) is 0 Å². The fourth-order valence-electron chi connectivity index (χ4n) is 3.21. The first-order valence-corrected chi connectivity index (χ1v) is 7.75. The molecule has 0 aliphatic carbocycles. The van der Waals surface area contributed by atoms with Gasteiger partial charge >= 0.3 is 0 Å². The average molecular weight is 292 g/mol. The molecule has 21 heavy (non-hydrogen) atoms. The number of benzene rings is 1. The highest BCUT2D eigenvalue weighted by Crippen LogP contribution is 2.32. The predicted molar refractivity (Wildman–Crippen MR) is 80.6 cm³/mol. The number of hydrogen-bond donors (Lipinski definition) is 2. The third-order valence-electron chi connectivity index (χ3n) is 4.60. The monoisotopic (exact) mass is 292 g/mol. The Kier molecular flexibility index (Phi) is 4.63. The van der Waals surface area contributed by atoms with Gasteiger partial charge in [0.25, 0.3) is 0 Å². The highest BCUT2D eigenvalue weighted by molar-refractivity contribution is 5.40. The number of likely N-dealkylation sites (tertiary alicyclic amines) is 1. The molecule has 1 aromatic carbocycles. The maximum absolute atomic E-state index is 9.80. The smallest absolute Gasteiger partial charge is 0.161 e. The van der Waals surface area contributed by atoms with Gasteiger partial charge in [-0.3, -0.25) is 4.90 Å². The number of piperidine rings is 1. The summed E-state index contributed by atoms with van der Waals surface area (Å²) in [6.45, 7) is 3.26. The molecule has 116 valence electrons. The van der Waals surface area contributed by atoms with Gasteiger partial charge in [0.2, 0.25) is 0 Å². The zero-order valence-electron chi connectivity index (χ0n) is 12.3. The lowest BCUT2D eigenvalue weighted by Crippen LogP contribution is -2.54. The molecule has 0 saturated carbocycles. The summed E-state index contributed by atoms with van der Waals surface area (Å²) in [5, 5.41) is 9.80. The van der Waals surface area contributed by atoms with Crippen LogP contribution in [-0.2, 0) is 0 Å². The molecule has 3 N–H and O–H groups in total. The van der Waals surface area contributed by atoms with Gasteiger partial charge in [-0.2, -0.15) is 0 Å². The van der Waals surface area contributed by atoms with Gasteiger partial charge in [-0.1, -0.05) is 12.1 Å². The molecule has 1 saturated heterocycles. The van der Waals surface area contributed by atoms with Crippen LogP contribution in [0.2, 0.25) is 0 Å². The third kappa shape index (κ3) is 3.15. The highest BCUT2D eigenvalue weighted by atomic mass is 16.6. The number of fused-ring (bicyclic) bond motifs is 1. The van der Waals surface area contributed by atoms with E-state index >= 15 is 0 Å². The van der Waals surface area contributed by atoms with Crippen LogP contribution in [0.4, 0.5) is 0 Å². The van der Waals surface area contributed by atoms with E-state index in [4.69, 9.17) is 15.2 Å². The second-order valence-electron chi connectivity index (χ2n) is 5.88. The summed E-state index contributed by atoms with van der Waals surface area (Å²) in [6, 6.07) is 7.68. The van der Waals surface area contributed by atoms with Gasteiger partial charge in [0.15, 0.2) is 17.6 Å². The van der Waals surface area contributed by atoms with Gasteiger partial charge in [0, 0.05) is 0 Å². The molecule has 1 fully saturated rings. The van der Waals surface area contributed by atoms with Crippen molar-refractivity contribution in [1.82, 2.24) is 4.90 Å². The van der Waals surface area contributed by atoms with Gasteiger partial charge in [-0.05, 0) is 50.5 Å². The largest absolute Gasteiger partial charge is 0.486 e. The first-order valence-electron chi connectivity index (χ1n) is 7.75. The number of nitrogens with zero attached hydrogens (tertiary/aromatic N) is 1. The molecule has 5 nitrogen and oxygen atoms in total. The first kappa shape index (κ1) is 14.6. The third-order valence-corrected chi connectivity index (χ3v) is 4.60. The summed E-state index contributed by atoms with van der Waals surface area (Å²) in [4.78, 5) is 2.31. The molecule has 0 radical (unpaired) electrons. The summed E-state index contributed by atoms with van der Waals surface area (Å²) in [5.41, 5.74) is 5.74. The minimum atomic E-state index is -0.126.